The van der Waals surface area contributed by atoms with E-state index in [-0.39, 0.29) is 6.54 Å². The van der Waals surface area contributed by atoms with Crippen molar-refractivity contribution in [3.05, 3.63) is 15.8 Å². The summed E-state index contributed by atoms with van der Waals surface area (Å²) >= 11 is 1.45. The monoisotopic (exact) mass is 306 g/mol. The van der Waals surface area contributed by atoms with Gasteiger partial charge in [-0.1, -0.05) is 0 Å². The molecule has 2 N–H and O–H groups in total. The molecule has 0 saturated heterocycles. The van der Waals surface area contributed by atoms with Crippen LogP contribution in [0.2, 0.25) is 0 Å². The third-order valence-corrected chi connectivity index (χ3v) is 5.70. The summed E-state index contributed by atoms with van der Waals surface area (Å²) in [6.07, 6.45) is 0. The zero-order valence-electron chi connectivity index (χ0n) is 12.0. The van der Waals surface area contributed by atoms with E-state index >= 15 is 0 Å². The van der Waals surface area contributed by atoms with Crippen molar-refractivity contribution in [2.45, 2.75) is 37.8 Å². The SMILES string of the molecule is CNCc1scc(C)c1S(=O)(=O)NCC(C)(C)OC. The van der Waals surface area contributed by atoms with Crippen LogP contribution >= 0.6 is 11.3 Å². The lowest BCUT2D eigenvalue weighted by Crippen LogP contribution is -2.40. The molecule has 0 unspecified atom stereocenters. The fourth-order valence-electron chi connectivity index (χ4n) is 1.54. The van der Waals surface area contributed by atoms with Crippen LogP contribution in [-0.2, 0) is 21.3 Å². The quantitative estimate of drug-likeness (QED) is 0.801. The first-order valence-corrected chi connectivity index (χ1v) is 8.36. The van der Waals surface area contributed by atoms with Gasteiger partial charge in [0.15, 0.2) is 0 Å². The maximum absolute atomic E-state index is 12.4. The molecule has 110 valence electrons. The van der Waals surface area contributed by atoms with Crippen LogP contribution in [-0.4, -0.2) is 34.7 Å². The molecule has 5 nitrogen and oxygen atoms in total. The van der Waals surface area contributed by atoms with Gasteiger partial charge < -0.3 is 10.1 Å². The number of ether oxygens (including phenoxy) is 1. The van der Waals surface area contributed by atoms with Gasteiger partial charge in [-0.15, -0.1) is 11.3 Å². The first-order valence-electron chi connectivity index (χ1n) is 6.00. The summed E-state index contributed by atoms with van der Waals surface area (Å²) in [5.41, 5.74) is 0.248. The van der Waals surface area contributed by atoms with Gasteiger partial charge in [0.1, 0.15) is 4.90 Å². The van der Waals surface area contributed by atoms with Crippen molar-refractivity contribution >= 4 is 21.4 Å². The molecule has 1 aromatic rings. The van der Waals surface area contributed by atoms with Gasteiger partial charge in [-0.05, 0) is 38.8 Å². The van der Waals surface area contributed by atoms with Crippen LogP contribution < -0.4 is 10.0 Å². The van der Waals surface area contributed by atoms with E-state index < -0.39 is 15.6 Å². The summed E-state index contributed by atoms with van der Waals surface area (Å²) in [6, 6.07) is 0. The molecule has 0 bridgehead atoms. The molecule has 1 aromatic heterocycles. The van der Waals surface area contributed by atoms with Gasteiger partial charge in [-0.25, -0.2) is 13.1 Å². The molecule has 0 aromatic carbocycles. The second-order valence-electron chi connectivity index (χ2n) is 4.99. The number of rotatable bonds is 7. The Morgan fingerprint density at radius 2 is 2.05 bits per heavy atom. The Morgan fingerprint density at radius 3 is 2.58 bits per heavy atom. The average molecular weight is 306 g/mol. The first kappa shape index (κ1) is 16.6. The van der Waals surface area contributed by atoms with Crippen molar-refractivity contribution in [3.8, 4) is 0 Å². The summed E-state index contributed by atoms with van der Waals surface area (Å²) in [6.45, 7) is 6.27. The van der Waals surface area contributed by atoms with E-state index in [1.54, 1.807) is 14.2 Å². The van der Waals surface area contributed by atoms with Crippen molar-refractivity contribution in [2.24, 2.45) is 0 Å². The van der Waals surface area contributed by atoms with Gasteiger partial charge in [0, 0.05) is 25.1 Å². The topological polar surface area (TPSA) is 67.4 Å². The molecular weight excluding hydrogens is 284 g/mol. The van der Waals surface area contributed by atoms with Crippen LogP contribution in [0.5, 0.6) is 0 Å². The zero-order valence-corrected chi connectivity index (χ0v) is 13.7. The van der Waals surface area contributed by atoms with Gasteiger partial charge in [0.2, 0.25) is 10.0 Å². The van der Waals surface area contributed by atoms with E-state index in [4.69, 9.17) is 4.74 Å². The van der Waals surface area contributed by atoms with Gasteiger partial charge in [0.25, 0.3) is 0 Å². The van der Waals surface area contributed by atoms with Gasteiger partial charge in [-0.2, -0.15) is 0 Å². The Morgan fingerprint density at radius 1 is 1.42 bits per heavy atom. The lowest BCUT2D eigenvalue weighted by molar-refractivity contribution is 0.0276. The van der Waals surface area contributed by atoms with Crippen LogP contribution in [0.1, 0.15) is 24.3 Å². The summed E-state index contributed by atoms with van der Waals surface area (Å²) in [5, 5.41) is 4.85. The molecular formula is C12H22N2O3S2. The second kappa shape index (κ2) is 6.32. The molecule has 0 saturated carbocycles. The lowest BCUT2D eigenvalue weighted by Gasteiger charge is -2.23. The highest BCUT2D eigenvalue weighted by Crippen LogP contribution is 2.26. The van der Waals surface area contributed by atoms with Crippen molar-refractivity contribution in [3.63, 3.8) is 0 Å². The van der Waals surface area contributed by atoms with Crippen LogP contribution in [0, 0.1) is 6.92 Å². The molecule has 0 aliphatic rings. The van der Waals surface area contributed by atoms with Crippen LogP contribution in [0.25, 0.3) is 0 Å². The Bertz CT molecular complexity index is 521. The molecule has 0 spiro atoms. The summed E-state index contributed by atoms with van der Waals surface area (Å²) in [4.78, 5) is 1.21. The number of sulfonamides is 1. The molecule has 1 rings (SSSR count). The first-order chi connectivity index (χ1) is 8.73. The molecule has 7 heteroatoms. The number of thiophene rings is 1. The highest BCUT2D eigenvalue weighted by Gasteiger charge is 2.26. The summed E-state index contributed by atoms with van der Waals surface area (Å²) in [7, 11) is -0.139. The minimum Gasteiger partial charge on any atom is -0.377 e. The Kier molecular flexibility index (Phi) is 5.52. The number of nitrogens with one attached hydrogen (secondary N) is 2. The third kappa shape index (κ3) is 4.25. The maximum atomic E-state index is 12.4. The normalized spacial score (nSPS) is 12.9. The van der Waals surface area contributed by atoms with E-state index in [1.807, 2.05) is 26.2 Å². The minimum absolute atomic E-state index is 0.236. The predicted octanol–water partition coefficient (Wildman–Crippen LogP) is 1.48. The van der Waals surface area contributed by atoms with Gasteiger partial charge in [0.05, 0.1) is 5.60 Å². The Hall–Kier alpha value is -0.470. The van der Waals surface area contributed by atoms with Gasteiger partial charge >= 0.3 is 0 Å². The van der Waals surface area contributed by atoms with Crippen LogP contribution in [0.4, 0.5) is 0 Å². The summed E-state index contributed by atoms with van der Waals surface area (Å²) in [5.74, 6) is 0. The van der Waals surface area contributed by atoms with Crippen LogP contribution in [0.3, 0.4) is 0 Å². The zero-order chi connectivity index (χ0) is 14.7. The average Bonchev–Trinajstić information content (AvgIpc) is 2.70. The third-order valence-electron chi connectivity index (χ3n) is 2.84. The number of hydrogen-bond donors (Lipinski definition) is 2. The molecule has 0 amide bonds. The molecule has 0 aliphatic carbocycles. The molecule has 0 aliphatic heterocycles. The molecule has 0 radical (unpaired) electrons. The van der Waals surface area contributed by atoms with Crippen molar-refractivity contribution in [1.82, 2.24) is 10.0 Å². The van der Waals surface area contributed by atoms with E-state index in [0.717, 1.165) is 10.4 Å². The molecule has 0 fully saturated rings. The highest BCUT2D eigenvalue weighted by molar-refractivity contribution is 7.89. The molecule has 0 atom stereocenters. The predicted molar refractivity (Wildman–Crippen MR) is 78.1 cm³/mol. The largest absolute Gasteiger partial charge is 0.377 e. The van der Waals surface area contributed by atoms with Crippen molar-refractivity contribution < 1.29 is 13.2 Å². The Labute approximate surface area is 119 Å². The maximum Gasteiger partial charge on any atom is 0.242 e. The Balaban J connectivity index is 2.97. The van der Waals surface area contributed by atoms with Crippen molar-refractivity contribution in [2.75, 3.05) is 20.7 Å². The van der Waals surface area contributed by atoms with E-state index in [9.17, 15) is 8.42 Å². The number of hydrogen-bond acceptors (Lipinski definition) is 5. The van der Waals surface area contributed by atoms with E-state index in [0.29, 0.717) is 11.4 Å². The van der Waals surface area contributed by atoms with E-state index in [2.05, 4.69) is 10.0 Å². The fraction of sp³-hybridized carbons (Fsp3) is 0.667. The van der Waals surface area contributed by atoms with Gasteiger partial charge in [-0.3, -0.25) is 0 Å². The number of aryl methyl sites for hydroxylation is 1. The standard InChI is InChI=1S/C12H22N2O3S2/c1-9-7-18-10(6-13-4)11(9)19(15,16)14-8-12(2,3)17-5/h7,13-14H,6,8H2,1-5H3. The minimum atomic E-state index is -3.50. The second-order valence-corrected chi connectivity index (χ2v) is 7.66. The summed E-state index contributed by atoms with van der Waals surface area (Å²) < 4.78 is 32.6. The van der Waals surface area contributed by atoms with Crippen LogP contribution in [0.15, 0.2) is 10.3 Å². The fourth-order valence-corrected chi connectivity index (χ4v) is 4.56. The molecule has 1 heterocycles. The molecule has 19 heavy (non-hydrogen) atoms. The highest BCUT2D eigenvalue weighted by atomic mass is 32.2. The lowest BCUT2D eigenvalue weighted by atomic mass is 10.1. The smallest absolute Gasteiger partial charge is 0.242 e. The van der Waals surface area contributed by atoms with Crippen molar-refractivity contribution in [1.29, 1.82) is 0 Å². The van der Waals surface area contributed by atoms with E-state index in [1.165, 1.54) is 11.3 Å². The number of methoxy groups -OCH3 is 1.